The van der Waals surface area contributed by atoms with Crippen molar-refractivity contribution in [2.75, 3.05) is 4.72 Å². The number of sulfonamides is 1. The van der Waals surface area contributed by atoms with Gasteiger partial charge in [-0.25, -0.2) is 17.8 Å². The molecule has 0 radical (unpaired) electrons. The van der Waals surface area contributed by atoms with Crippen molar-refractivity contribution in [3.05, 3.63) is 40.7 Å². The fourth-order valence-electron chi connectivity index (χ4n) is 1.83. The third kappa shape index (κ3) is 2.89. The molecule has 0 amide bonds. The van der Waals surface area contributed by atoms with Crippen LogP contribution in [-0.4, -0.2) is 13.4 Å². The van der Waals surface area contributed by atoms with Crippen LogP contribution in [0.1, 0.15) is 30.0 Å². The first-order chi connectivity index (χ1) is 9.99. The van der Waals surface area contributed by atoms with Gasteiger partial charge < -0.3 is 0 Å². The summed E-state index contributed by atoms with van der Waals surface area (Å²) in [6.07, 6.45) is 2.17. The van der Waals surface area contributed by atoms with Gasteiger partial charge in [-0.05, 0) is 31.0 Å². The van der Waals surface area contributed by atoms with Gasteiger partial charge in [-0.3, -0.25) is 4.72 Å². The highest BCUT2D eigenvalue weighted by molar-refractivity contribution is 7.93. The average molecular weight is 323 g/mol. The maximum atomic E-state index is 13.2. The number of halogens is 1. The number of nitrogens with zero attached hydrogens (tertiary/aromatic N) is 2. The van der Waals surface area contributed by atoms with Gasteiger partial charge in [-0.15, -0.1) is 11.3 Å². The molecule has 1 aliphatic rings. The molecule has 0 saturated heterocycles. The molecule has 1 heterocycles. The second-order valence-corrected chi connectivity index (χ2v) is 7.25. The normalized spacial score (nSPS) is 14.7. The summed E-state index contributed by atoms with van der Waals surface area (Å²) in [5.74, 6) is -0.308. The molecule has 1 N–H and O–H groups in total. The van der Waals surface area contributed by atoms with E-state index in [0.29, 0.717) is 5.92 Å². The van der Waals surface area contributed by atoms with Gasteiger partial charge in [0.05, 0.1) is 16.2 Å². The van der Waals surface area contributed by atoms with Crippen molar-refractivity contribution in [3.63, 3.8) is 0 Å². The van der Waals surface area contributed by atoms with E-state index < -0.39 is 15.8 Å². The number of nitriles is 1. The first-order valence-corrected chi connectivity index (χ1v) is 8.54. The number of thiazole rings is 1. The molecule has 1 saturated carbocycles. The number of nitrogens with one attached hydrogen (secondary N) is 1. The molecule has 0 bridgehead atoms. The van der Waals surface area contributed by atoms with E-state index >= 15 is 0 Å². The maximum Gasteiger partial charge on any atom is 0.263 e. The number of anilines is 1. The van der Waals surface area contributed by atoms with Crippen LogP contribution in [-0.2, 0) is 10.0 Å². The zero-order valence-electron chi connectivity index (χ0n) is 10.7. The summed E-state index contributed by atoms with van der Waals surface area (Å²) in [5.41, 5.74) is 0.588. The van der Waals surface area contributed by atoms with E-state index in [2.05, 4.69) is 9.71 Å². The largest absolute Gasteiger partial charge is 0.263 e. The monoisotopic (exact) mass is 323 g/mol. The van der Waals surface area contributed by atoms with Crippen molar-refractivity contribution in [1.82, 2.24) is 4.98 Å². The summed E-state index contributed by atoms with van der Waals surface area (Å²) in [4.78, 5) is 4.07. The van der Waals surface area contributed by atoms with Gasteiger partial charge in [0.25, 0.3) is 10.0 Å². The van der Waals surface area contributed by atoms with E-state index in [1.165, 1.54) is 11.3 Å². The average Bonchev–Trinajstić information content (AvgIpc) is 3.20. The quantitative estimate of drug-likeness (QED) is 0.938. The highest BCUT2D eigenvalue weighted by atomic mass is 32.2. The van der Waals surface area contributed by atoms with Crippen LogP contribution in [0.15, 0.2) is 28.5 Å². The van der Waals surface area contributed by atoms with Gasteiger partial charge in [0.15, 0.2) is 5.13 Å². The van der Waals surface area contributed by atoms with Crippen molar-refractivity contribution in [2.24, 2.45) is 0 Å². The van der Waals surface area contributed by atoms with E-state index in [0.717, 1.165) is 36.7 Å². The molecule has 0 atom stereocenters. The van der Waals surface area contributed by atoms with Crippen molar-refractivity contribution < 1.29 is 12.8 Å². The van der Waals surface area contributed by atoms with Crippen LogP contribution in [0.5, 0.6) is 0 Å². The summed E-state index contributed by atoms with van der Waals surface area (Å²) in [7, 11) is -3.87. The summed E-state index contributed by atoms with van der Waals surface area (Å²) in [6.45, 7) is 0. The molecule has 108 valence electrons. The lowest BCUT2D eigenvalue weighted by atomic mass is 10.2. The van der Waals surface area contributed by atoms with Gasteiger partial charge in [0.1, 0.15) is 11.9 Å². The SMILES string of the molecule is N#Cc1cc(S(=O)(=O)Nc2nc(C3CC3)cs2)ccc1F. The Kier molecular flexibility index (Phi) is 3.39. The molecule has 0 spiro atoms. The Hall–Kier alpha value is -1.98. The smallest absolute Gasteiger partial charge is 0.255 e. The first-order valence-electron chi connectivity index (χ1n) is 6.17. The third-order valence-corrected chi connectivity index (χ3v) is 5.35. The highest BCUT2D eigenvalue weighted by Gasteiger charge is 2.27. The number of aromatic nitrogens is 1. The Morgan fingerprint density at radius 2 is 2.19 bits per heavy atom. The summed E-state index contributed by atoms with van der Waals surface area (Å²) >= 11 is 1.21. The lowest BCUT2D eigenvalue weighted by Crippen LogP contribution is -2.13. The molecule has 1 aromatic heterocycles. The zero-order chi connectivity index (χ0) is 15.0. The molecule has 1 aliphatic carbocycles. The molecule has 8 heteroatoms. The Bertz CT molecular complexity index is 835. The number of hydrogen-bond donors (Lipinski definition) is 1. The molecule has 3 rings (SSSR count). The predicted molar refractivity (Wildman–Crippen MR) is 76.0 cm³/mol. The van der Waals surface area contributed by atoms with E-state index in [9.17, 15) is 12.8 Å². The number of hydrogen-bond acceptors (Lipinski definition) is 5. The Balaban J connectivity index is 1.87. The minimum atomic E-state index is -3.87. The van der Waals surface area contributed by atoms with Crippen LogP contribution in [0.2, 0.25) is 0 Å². The van der Waals surface area contributed by atoms with E-state index in [1.807, 2.05) is 5.38 Å². The molecule has 1 aromatic carbocycles. The lowest BCUT2D eigenvalue weighted by molar-refractivity contribution is 0.599. The van der Waals surface area contributed by atoms with Crippen LogP contribution in [0.3, 0.4) is 0 Å². The molecule has 21 heavy (non-hydrogen) atoms. The molecule has 1 fully saturated rings. The van der Waals surface area contributed by atoms with Gasteiger partial charge in [0.2, 0.25) is 0 Å². The highest BCUT2D eigenvalue weighted by Crippen LogP contribution is 2.41. The van der Waals surface area contributed by atoms with Crippen LogP contribution < -0.4 is 4.72 Å². The van der Waals surface area contributed by atoms with Crippen LogP contribution in [0.4, 0.5) is 9.52 Å². The molecule has 0 aliphatic heterocycles. The fourth-order valence-corrected chi connectivity index (χ4v) is 3.90. The van der Waals surface area contributed by atoms with Crippen molar-refractivity contribution in [1.29, 1.82) is 5.26 Å². The van der Waals surface area contributed by atoms with Crippen LogP contribution in [0, 0.1) is 17.1 Å². The molecular formula is C13H10FN3O2S2. The van der Waals surface area contributed by atoms with Gasteiger partial charge in [-0.1, -0.05) is 0 Å². The lowest BCUT2D eigenvalue weighted by Gasteiger charge is -2.05. The van der Waals surface area contributed by atoms with Crippen LogP contribution >= 0.6 is 11.3 Å². The van der Waals surface area contributed by atoms with Gasteiger partial charge in [0, 0.05) is 11.3 Å². The van der Waals surface area contributed by atoms with E-state index in [-0.39, 0.29) is 15.6 Å². The minimum absolute atomic E-state index is 0.163. The Labute approximate surface area is 125 Å². The number of rotatable bonds is 4. The topological polar surface area (TPSA) is 82.8 Å². The molecule has 2 aromatic rings. The second kappa shape index (κ2) is 5.09. The second-order valence-electron chi connectivity index (χ2n) is 4.71. The molecular weight excluding hydrogens is 313 g/mol. The minimum Gasteiger partial charge on any atom is -0.255 e. The van der Waals surface area contributed by atoms with E-state index in [1.54, 1.807) is 6.07 Å². The fraction of sp³-hybridized carbons (Fsp3) is 0.231. The summed E-state index contributed by atoms with van der Waals surface area (Å²) < 4.78 is 40.0. The van der Waals surface area contributed by atoms with Crippen molar-refractivity contribution in [3.8, 4) is 6.07 Å². The van der Waals surface area contributed by atoms with Gasteiger partial charge in [-0.2, -0.15) is 5.26 Å². The van der Waals surface area contributed by atoms with Crippen molar-refractivity contribution in [2.45, 2.75) is 23.7 Å². The maximum absolute atomic E-state index is 13.2. The zero-order valence-corrected chi connectivity index (χ0v) is 12.3. The molecule has 0 unspecified atom stereocenters. The number of benzene rings is 1. The Morgan fingerprint density at radius 3 is 2.86 bits per heavy atom. The predicted octanol–water partition coefficient (Wildman–Crippen LogP) is 2.83. The van der Waals surface area contributed by atoms with E-state index in [4.69, 9.17) is 5.26 Å². The third-order valence-electron chi connectivity index (χ3n) is 3.11. The Morgan fingerprint density at radius 1 is 1.43 bits per heavy atom. The summed E-state index contributed by atoms with van der Waals surface area (Å²) in [6, 6.07) is 4.71. The first kappa shape index (κ1) is 14.0. The van der Waals surface area contributed by atoms with Gasteiger partial charge >= 0.3 is 0 Å². The standard InChI is InChI=1S/C13H10FN3O2S2/c14-11-4-3-10(5-9(11)6-15)21(18,19)17-13-16-12(7-20-13)8-1-2-8/h3-5,7-8H,1-2H2,(H,16,17). The molecule has 5 nitrogen and oxygen atoms in total. The van der Waals surface area contributed by atoms with Crippen molar-refractivity contribution >= 4 is 26.5 Å². The van der Waals surface area contributed by atoms with Crippen LogP contribution in [0.25, 0.3) is 0 Å². The summed E-state index contributed by atoms with van der Waals surface area (Å²) in [5, 5.41) is 10.9.